The normalized spacial score (nSPS) is 14.9. The molecule has 1 aromatic heterocycles. The van der Waals surface area contributed by atoms with Crippen LogP contribution in [0.25, 0.3) is 0 Å². The summed E-state index contributed by atoms with van der Waals surface area (Å²) in [4.78, 5) is 39.4. The zero-order valence-electron chi connectivity index (χ0n) is 19.5. The second-order valence-corrected chi connectivity index (χ2v) is 10.4. The number of benzene rings is 1. The van der Waals surface area contributed by atoms with Gasteiger partial charge in [-0.1, -0.05) is 26.3 Å². The molecule has 2 aromatic rings. The van der Waals surface area contributed by atoms with E-state index in [1.807, 2.05) is 24.3 Å². The van der Waals surface area contributed by atoms with Gasteiger partial charge in [0.25, 0.3) is 0 Å². The van der Waals surface area contributed by atoms with Crippen LogP contribution in [0.15, 0.2) is 29.2 Å². The first-order chi connectivity index (χ1) is 15.9. The third-order valence-corrected chi connectivity index (χ3v) is 7.65. The number of thiophene rings is 1. The SMILES string of the molecule is CCCCC(=O)Nc1cccc(SCC(=O)Nc2sc3c(c2C(=O)OCC)CCC(C)C3)c1. The molecule has 0 bridgehead atoms. The number of amides is 2. The maximum absolute atomic E-state index is 12.7. The number of esters is 1. The number of ether oxygens (including phenoxy) is 1. The Morgan fingerprint density at radius 3 is 2.76 bits per heavy atom. The second-order valence-electron chi connectivity index (χ2n) is 8.29. The lowest BCUT2D eigenvalue weighted by molar-refractivity contribution is -0.116. The second kappa shape index (κ2) is 12.2. The van der Waals surface area contributed by atoms with Crippen molar-refractivity contribution in [2.24, 2.45) is 5.92 Å². The molecule has 6 nitrogen and oxygen atoms in total. The fourth-order valence-electron chi connectivity index (χ4n) is 3.79. The molecule has 0 saturated carbocycles. The Balaban J connectivity index is 1.64. The van der Waals surface area contributed by atoms with Crippen LogP contribution in [0.2, 0.25) is 0 Å². The summed E-state index contributed by atoms with van der Waals surface area (Å²) in [5, 5.41) is 6.45. The Morgan fingerprint density at radius 2 is 2.00 bits per heavy atom. The van der Waals surface area contributed by atoms with Crippen molar-refractivity contribution in [3.8, 4) is 0 Å². The van der Waals surface area contributed by atoms with Crippen molar-refractivity contribution in [3.63, 3.8) is 0 Å². The first-order valence-corrected chi connectivity index (χ1v) is 13.4. The number of thioether (sulfide) groups is 1. The van der Waals surface area contributed by atoms with E-state index < -0.39 is 0 Å². The average molecular weight is 489 g/mol. The molecule has 0 aliphatic heterocycles. The highest BCUT2D eigenvalue weighted by molar-refractivity contribution is 8.00. The zero-order chi connectivity index (χ0) is 23.8. The van der Waals surface area contributed by atoms with Crippen molar-refractivity contribution in [1.82, 2.24) is 0 Å². The molecule has 2 amide bonds. The molecule has 33 heavy (non-hydrogen) atoms. The Labute approximate surface area is 203 Å². The average Bonchev–Trinajstić information content (AvgIpc) is 3.13. The molecule has 1 aromatic carbocycles. The zero-order valence-corrected chi connectivity index (χ0v) is 21.1. The minimum Gasteiger partial charge on any atom is -0.462 e. The van der Waals surface area contributed by atoms with Crippen LogP contribution in [0.4, 0.5) is 10.7 Å². The van der Waals surface area contributed by atoms with Crippen LogP contribution in [0.5, 0.6) is 0 Å². The summed E-state index contributed by atoms with van der Waals surface area (Å²) in [7, 11) is 0. The molecule has 1 aliphatic rings. The number of carbonyl (C=O) groups is 3. The van der Waals surface area contributed by atoms with E-state index in [0.29, 0.717) is 29.5 Å². The monoisotopic (exact) mass is 488 g/mol. The van der Waals surface area contributed by atoms with E-state index in [1.165, 1.54) is 28.0 Å². The third kappa shape index (κ3) is 7.08. The Hall–Kier alpha value is -2.32. The van der Waals surface area contributed by atoms with Gasteiger partial charge in [0.05, 0.1) is 17.9 Å². The van der Waals surface area contributed by atoms with E-state index in [0.717, 1.165) is 48.3 Å². The topological polar surface area (TPSA) is 84.5 Å². The number of fused-ring (bicyclic) bond motifs is 1. The molecular weight excluding hydrogens is 456 g/mol. The number of carbonyl (C=O) groups excluding carboxylic acids is 3. The van der Waals surface area contributed by atoms with Crippen molar-refractivity contribution in [3.05, 3.63) is 40.3 Å². The lowest BCUT2D eigenvalue weighted by atomic mass is 9.88. The van der Waals surface area contributed by atoms with Crippen LogP contribution < -0.4 is 10.6 Å². The summed E-state index contributed by atoms with van der Waals surface area (Å²) < 4.78 is 5.28. The van der Waals surface area contributed by atoms with Gasteiger partial charge in [-0.25, -0.2) is 4.79 Å². The predicted molar refractivity (Wildman–Crippen MR) is 135 cm³/mol. The molecule has 0 spiro atoms. The molecule has 3 rings (SSSR count). The molecule has 2 N–H and O–H groups in total. The molecule has 0 fully saturated rings. The first-order valence-electron chi connectivity index (χ1n) is 11.5. The van der Waals surface area contributed by atoms with Crippen molar-refractivity contribution in [2.75, 3.05) is 23.0 Å². The van der Waals surface area contributed by atoms with Crippen LogP contribution in [-0.4, -0.2) is 30.1 Å². The maximum atomic E-state index is 12.7. The van der Waals surface area contributed by atoms with Crippen LogP contribution in [-0.2, 0) is 27.2 Å². The largest absolute Gasteiger partial charge is 0.462 e. The summed E-state index contributed by atoms with van der Waals surface area (Å²) >= 11 is 2.89. The third-order valence-electron chi connectivity index (χ3n) is 5.49. The highest BCUT2D eigenvalue weighted by atomic mass is 32.2. The number of hydrogen-bond acceptors (Lipinski definition) is 6. The minimum atomic E-state index is -0.362. The van der Waals surface area contributed by atoms with E-state index in [1.54, 1.807) is 6.92 Å². The summed E-state index contributed by atoms with van der Waals surface area (Å²) in [6.45, 7) is 6.35. The highest BCUT2D eigenvalue weighted by Crippen LogP contribution is 2.40. The van der Waals surface area contributed by atoms with Gasteiger partial charge < -0.3 is 15.4 Å². The number of unbranched alkanes of at least 4 members (excludes halogenated alkanes) is 1. The van der Waals surface area contributed by atoms with E-state index in [9.17, 15) is 14.4 Å². The lowest BCUT2D eigenvalue weighted by Crippen LogP contribution is -2.17. The number of hydrogen-bond donors (Lipinski definition) is 2. The quantitative estimate of drug-likeness (QED) is 0.321. The van der Waals surface area contributed by atoms with Crippen LogP contribution in [0.1, 0.15) is 67.3 Å². The predicted octanol–water partition coefficient (Wildman–Crippen LogP) is 5.91. The Bertz CT molecular complexity index is 1000. The fraction of sp³-hybridized carbons (Fsp3) is 0.480. The van der Waals surface area contributed by atoms with E-state index in [4.69, 9.17) is 4.74 Å². The highest BCUT2D eigenvalue weighted by Gasteiger charge is 2.29. The molecule has 1 atom stereocenters. The van der Waals surface area contributed by atoms with Gasteiger partial charge in [-0.15, -0.1) is 23.1 Å². The van der Waals surface area contributed by atoms with Crippen LogP contribution in [0, 0.1) is 5.92 Å². The van der Waals surface area contributed by atoms with Crippen molar-refractivity contribution in [1.29, 1.82) is 0 Å². The van der Waals surface area contributed by atoms with Crippen molar-refractivity contribution < 1.29 is 19.1 Å². The summed E-state index contributed by atoms with van der Waals surface area (Å²) in [5.41, 5.74) is 2.29. The molecule has 1 heterocycles. The van der Waals surface area contributed by atoms with Crippen molar-refractivity contribution in [2.45, 2.75) is 64.2 Å². The number of rotatable bonds is 10. The van der Waals surface area contributed by atoms with Crippen LogP contribution in [0.3, 0.4) is 0 Å². The standard InChI is InChI=1S/C25H32N2O4S2/c1-4-6-10-21(28)26-17-8-7-9-18(14-17)32-15-22(29)27-24-23(25(30)31-5-2)19-12-11-16(3)13-20(19)33-24/h7-9,14,16H,4-6,10-13,15H2,1-3H3,(H,26,28)(H,27,29). The van der Waals surface area contributed by atoms with Gasteiger partial charge in [0.2, 0.25) is 11.8 Å². The molecule has 178 valence electrons. The molecule has 8 heteroatoms. The summed E-state index contributed by atoms with van der Waals surface area (Å²) in [5.74, 6) is 0.238. The Morgan fingerprint density at radius 1 is 1.18 bits per heavy atom. The van der Waals surface area contributed by atoms with Gasteiger partial charge in [-0.3, -0.25) is 9.59 Å². The molecule has 1 unspecified atom stereocenters. The Kier molecular flexibility index (Phi) is 9.38. The smallest absolute Gasteiger partial charge is 0.341 e. The summed E-state index contributed by atoms with van der Waals surface area (Å²) in [6.07, 6.45) is 5.13. The first kappa shape index (κ1) is 25.3. The van der Waals surface area contributed by atoms with Crippen molar-refractivity contribution >= 4 is 51.6 Å². The molecule has 1 aliphatic carbocycles. The van der Waals surface area contributed by atoms with Gasteiger partial charge in [0.15, 0.2) is 0 Å². The van der Waals surface area contributed by atoms with Gasteiger partial charge in [-0.05, 0) is 62.3 Å². The van der Waals surface area contributed by atoms with E-state index in [2.05, 4.69) is 24.5 Å². The van der Waals surface area contributed by atoms with Gasteiger partial charge in [0.1, 0.15) is 5.00 Å². The van der Waals surface area contributed by atoms with Gasteiger partial charge in [-0.2, -0.15) is 0 Å². The minimum absolute atomic E-state index is 0.000724. The molecular formula is C25H32N2O4S2. The van der Waals surface area contributed by atoms with Crippen LogP contribution >= 0.6 is 23.1 Å². The maximum Gasteiger partial charge on any atom is 0.341 e. The van der Waals surface area contributed by atoms with E-state index in [-0.39, 0.29) is 23.5 Å². The lowest BCUT2D eigenvalue weighted by Gasteiger charge is -2.18. The number of nitrogens with one attached hydrogen (secondary N) is 2. The number of anilines is 2. The molecule has 0 radical (unpaired) electrons. The summed E-state index contributed by atoms with van der Waals surface area (Å²) in [6, 6.07) is 7.49. The molecule has 0 saturated heterocycles. The van der Waals surface area contributed by atoms with E-state index >= 15 is 0 Å². The van der Waals surface area contributed by atoms with Gasteiger partial charge in [0, 0.05) is 21.9 Å². The van der Waals surface area contributed by atoms with Gasteiger partial charge >= 0.3 is 5.97 Å². The fourth-order valence-corrected chi connectivity index (χ4v) is 5.96.